The number of piperazine rings is 1. The molecule has 2 unspecified atom stereocenters. The molecule has 1 aromatic rings. The van der Waals surface area contributed by atoms with Gasteiger partial charge in [0.2, 0.25) is 0 Å². The van der Waals surface area contributed by atoms with E-state index in [2.05, 4.69) is 23.8 Å². The highest BCUT2D eigenvalue weighted by Crippen LogP contribution is 2.26. The summed E-state index contributed by atoms with van der Waals surface area (Å²) in [7, 11) is 2.12. The Labute approximate surface area is 108 Å². The van der Waals surface area contributed by atoms with Crippen LogP contribution in [0.15, 0.2) is 24.3 Å². The van der Waals surface area contributed by atoms with Crippen LogP contribution in [0.25, 0.3) is 0 Å². The van der Waals surface area contributed by atoms with Crippen molar-refractivity contribution >= 4 is 0 Å². The summed E-state index contributed by atoms with van der Waals surface area (Å²) in [5.41, 5.74) is 6.60. The average molecular weight is 251 g/mol. The van der Waals surface area contributed by atoms with E-state index in [1.165, 1.54) is 6.07 Å². The fourth-order valence-electron chi connectivity index (χ4n) is 2.80. The van der Waals surface area contributed by atoms with Crippen molar-refractivity contribution in [2.24, 2.45) is 5.73 Å². The highest BCUT2D eigenvalue weighted by Gasteiger charge is 2.29. The van der Waals surface area contributed by atoms with Gasteiger partial charge in [0, 0.05) is 37.8 Å². The first-order chi connectivity index (χ1) is 8.63. The minimum Gasteiger partial charge on any atom is -0.329 e. The second-order valence-electron chi connectivity index (χ2n) is 5.12. The summed E-state index contributed by atoms with van der Waals surface area (Å²) in [5.74, 6) is -0.154. The van der Waals surface area contributed by atoms with E-state index < -0.39 is 0 Å². The Bertz CT molecular complexity index is 396. The van der Waals surface area contributed by atoms with Crippen molar-refractivity contribution < 1.29 is 4.39 Å². The van der Waals surface area contributed by atoms with E-state index in [0.29, 0.717) is 12.6 Å². The van der Waals surface area contributed by atoms with Crippen molar-refractivity contribution in [2.75, 3.05) is 33.2 Å². The summed E-state index contributed by atoms with van der Waals surface area (Å²) in [4.78, 5) is 4.62. The van der Waals surface area contributed by atoms with Crippen molar-refractivity contribution in [1.29, 1.82) is 0 Å². The molecule has 0 spiro atoms. The van der Waals surface area contributed by atoms with Gasteiger partial charge in [0.1, 0.15) is 5.82 Å². The molecule has 3 nitrogen and oxygen atoms in total. The third-order valence-corrected chi connectivity index (χ3v) is 3.77. The van der Waals surface area contributed by atoms with Crippen LogP contribution < -0.4 is 5.73 Å². The topological polar surface area (TPSA) is 32.5 Å². The Morgan fingerprint density at radius 3 is 2.72 bits per heavy atom. The Balaban J connectivity index is 2.21. The third kappa shape index (κ3) is 2.71. The number of nitrogens with two attached hydrogens (primary N) is 1. The maximum Gasteiger partial charge on any atom is 0.128 e. The second kappa shape index (κ2) is 5.78. The fourth-order valence-corrected chi connectivity index (χ4v) is 2.80. The molecule has 1 aliphatic heterocycles. The first-order valence-electron chi connectivity index (χ1n) is 6.52. The number of likely N-dealkylation sites (N-methyl/N-ethyl adjacent to an activating group) is 1. The van der Waals surface area contributed by atoms with Gasteiger partial charge in [-0.3, -0.25) is 4.90 Å². The molecule has 2 N–H and O–H groups in total. The number of nitrogens with zero attached hydrogens (tertiary/aromatic N) is 2. The van der Waals surface area contributed by atoms with Gasteiger partial charge in [-0.2, -0.15) is 0 Å². The molecule has 0 aliphatic carbocycles. The van der Waals surface area contributed by atoms with E-state index in [1.54, 1.807) is 6.07 Å². The molecule has 0 aromatic heterocycles. The van der Waals surface area contributed by atoms with Crippen LogP contribution in [0.2, 0.25) is 0 Å². The molecular weight excluding hydrogens is 229 g/mol. The number of halogens is 1. The van der Waals surface area contributed by atoms with Gasteiger partial charge in [-0.15, -0.1) is 0 Å². The molecule has 18 heavy (non-hydrogen) atoms. The van der Waals surface area contributed by atoms with E-state index in [4.69, 9.17) is 5.73 Å². The molecule has 100 valence electrons. The smallest absolute Gasteiger partial charge is 0.128 e. The van der Waals surface area contributed by atoms with Crippen molar-refractivity contribution in [1.82, 2.24) is 9.80 Å². The summed E-state index contributed by atoms with van der Waals surface area (Å²) in [5, 5.41) is 0. The molecule has 4 heteroatoms. The Morgan fingerprint density at radius 2 is 2.11 bits per heavy atom. The van der Waals surface area contributed by atoms with Gasteiger partial charge in [0.05, 0.1) is 6.04 Å². The van der Waals surface area contributed by atoms with Crippen molar-refractivity contribution in [2.45, 2.75) is 19.0 Å². The molecule has 2 rings (SSSR count). The van der Waals surface area contributed by atoms with Crippen LogP contribution in [0.1, 0.15) is 18.5 Å². The van der Waals surface area contributed by atoms with Crippen LogP contribution in [-0.2, 0) is 0 Å². The lowest BCUT2D eigenvalue weighted by molar-refractivity contribution is 0.0622. The second-order valence-corrected chi connectivity index (χ2v) is 5.12. The Hall–Kier alpha value is -0.970. The number of hydrogen-bond donors (Lipinski definition) is 1. The maximum absolute atomic E-state index is 13.9. The highest BCUT2D eigenvalue weighted by molar-refractivity contribution is 5.22. The highest BCUT2D eigenvalue weighted by atomic mass is 19.1. The van der Waals surface area contributed by atoms with E-state index in [-0.39, 0.29) is 11.9 Å². The molecule has 0 radical (unpaired) electrons. The molecule has 0 bridgehead atoms. The van der Waals surface area contributed by atoms with Crippen LogP contribution >= 0.6 is 0 Å². The number of hydrogen-bond acceptors (Lipinski definition) is 3. The molecule has 1 fully saturated rings. The SMILES string of the molecule is CC1CN(C)CCN1C(CN)c1ccccc1F. The van der Waals surface area contributed by atoms with Crippen molar-refractivity contribution in [3.8, 4) is 0 Å². The monoisotopic (exact) mass is 251 g/mol. The van der Waals surface area contributed by atoms with Gasteiger partial charge < -0.3 is 10.6 Å². The first kappa shape index (κ1) is 13.5. The normalized spacial score (nSPS) is 24.1. The predicted octanol–water partition coefficient (Wildman–Crippen LogP) is 1.46. The summed E-state index contributed by atoms with van der Waals surface area (Å²) in [6.45, 7) is 5.59. The lowest BCUT2D eigenvalue weighted by atomic mass is 10.0. The lowest BCUT2D eigenvalue weighted by Crippen LogP contribution is -2.53. The third-order valence-electron chi connectivity index (χ3n) is 3.77. The van der Waals surface area contributed by atoms with E-state index in [1.807, 2.05) is 12.1 Å². The Morgan fingerprint density at radius 1 is 1.39 bits per heavy atom. The molecule has 1 heterocycles. The predicted molar refractivity (Wildman–Crippen MR) is 71.9 cm³/mol. The molecule has 1 aliphatic rings. The number of benzene rings is 1. The summed E-state index contributed by atoms with van der Waals surface area (Å²) < 4.78 is 13.9. The summed E-state index contributed by atoms with van der Waals surface area (Å²) in [6.07, 6.45) is 0. The van der Waals surface area contributed by atoms with Gasteiger partial charge in [-0.25, -0.2) is 4.39 Å². The van der Waals surface area contributed by atoms with Crippen molar-refractivity contribution in [3.63, 3.8) is 0 Å². The molecular formula is C14H22FN3. The average Bonchev–Trinajstić information content (AvgIpc) is 2.34. The fraction of sp³-hybridized carbons (Fsp3) is 0.571. The van der Waals surface area contributed by atoms with Crippen LogP contribution in [0.3, 0.4) is 0 Å². The molecule has 0 amide bonds. The minimum absolute atomic E-state index is 0.0186. The van der Waals surface area contributed by atoms with Gasteiger partial charge in [-0.1, -0.05) is 18.2 Å². The minimum atomic E-state index is -0.154. The molecule has 1 aromatic carbocycles. The summed E-state index contributed by atoms with van der Waals surface area (Å²) in [6, 6.07) is 7.34. The molecule has 0 saturated carbocycles. The van der Waals surface area contributed by atoms with Gasteiger partial charge >= 0.3 is 0 Å². The van der Waals surface area contributed by atoms with E-state index in [0.717, 1.165) is 25.2 Å². The quantitative estimate of drug-likeness (QED) is 0.883. The van der Waals surface area contributed by atoms with Crippen LogP contribution in [0.4, 0.5) is 4.39 Å². The zero-order valence-electron chi connectivity index (χ0n) is 11.1. The lowest BCUT2D eigenvalue weighted by Gasteiger charge is -2.42. The van der Waals surface area contributed by atoms with Crippen LogP contribution in [0, 0.1) is 5.82 Å². The van der Waals surface area contributed by atoms with E-state index >= 15 is 0 Å². The first-order valence-corrected chi connectivity index (χ1v) is 6.52. The van der Waals surface area contributed by atoms with Crippen LogP contribution in [0.5, 0.6) is 0 Å². The maximum atomic E-state index is 13.9. The zero-order chi connectivity index (χ0) is 13.1. The van der Waals surface area contributed by atoms with Gasteiger partial charge in [0.15, 0.2) is 0 Å². The summed E-state index contributed by atoms with van der Waals surface area (Å²) >= 11 is 0. The van der Waals surface area contributed by atoms with Gasteiger partial charge in [-0.05, 0) is 20.0 Å². The van der Waals surface area contributed by atoms with Gasteiger partial charge in [0.25, 0.3) is 0 Å². The largest absolute Gasteiger partial charge is 0.329 e. The zero-order valence-corrected chi connectivity index (χ0v) is 11.1. The van der Waals surface area contributed by atoms with Crippen molar-refractivity contribution in [3.05, 3.63) is 35.6 Å². The molecule has 1 saturated heterocycles. The molecule has 2 atom stereocenters. The number of rotatable bonds is 3. The standard InChI is InChI=1S/C14H22FN3/c1-11-10-17(2)7-8-18(11)14(9-16)12-5-3-4-6-13(12)15/h3-6,11,14H,7-10,16H2,1-2H3. The van der Waals surface area contributed by atoms with Crippen LogP contribution in [-0.4, -0.2) is 49.1 Å². The van der Waals surface area contributed by atoms with E-state index in [9.17, 15) is 4.39 Å². The Kier molecular flexibility index (Phi) is 4.32.